The molecule has 1 aromatic heterocycles. The first kappa shape index (κ1) is 20.6. The van der Waals surface area contributed by atoms with Crippen LogP contribution >= 0.6 is 11.3 Å². The van der Waals surface area contributed by atoms with E-state index in [1.54, 1.807) is 22.8 Å². The zero-order valence-electron chi connectivity index (χ0n) is 16.9. The lowest BCUT2D eigenvalue weighted by atomic mass is 10.1. The molecule has 0 saturated carbocycles. The Morgan fingerprint density at radius 3 is 2.41 bits per heavy atom. The van der Waals surface area contributed by atoms with Crippen molar-refractivity contribution in [3.05, 3.63) is 51.8 Å². The third-order valence-electron chi connectivity index (χ3n) is 4.57. The highest BCUT2D eigenvalue weighted by molar-refractivity contribution is 7.16. The van der Waals surface area contributed by atoms with Crippen molar-refractivity contribution in [2.75, 3.05) is 21.3 Å². The summed E-state index contributed by atoms with van der Waals surface area (Å²) in [5.74, 6) is -0.143. The molecule has 0 aliphatic heterocycles. The molecule has 0 atom stereocenters. The van der Waals surface area contributed by atoms with Gasteiger partial charge in [-0.1, -0.05) is 29.5 Å². The maximum atomic E-state index is 13.0. The molecule has 1 amide bonds. The van der Waals surface area contributed by atoms with Gasteiger partial charge in [-0.25, -0.2) is 0 Å². The molecular weight excluding hydrogens is 392 g/mol. The summed E-state index contributed by atoms with van der Waals surface area (Å²) in [5.41, 5.74) is 3.17. The summed E-state index contributed by atoms with van der Waals surface area (Å²) in [4.78, 5) is 29.7. The molecular formula is C21H22N2O5S. The zero-order valence-corrected chi connectivity index (χ0v) is 17.8. The molecule has 0 radical (unpaired) electrons. The number of rotatable bonds is 5. The number of carbonyl (C=O) groups is 2. The highest BCUT2D eigenvalue weighted by Crippen LogP contribution is 2.31. The first-order valence-corrected chi connectivity index (χ1v) is 9.69. The Labute approximate surface area is 172 Å². The Balaban J connectivity index is 2.24. The predicted molar refractivity (Wildman–Crippen MR) is 111 cm³/mol. The van der Waals surface area contributed by atoms with E-state index in [2.05, 4.69) is 4.99 Å². The monoisotopic (exact) mass is 414 g/mol. The number of amides is 1. The number of benzene rings is 2. The van der Waals surface area contributed by atoms with Gasteiger partial charge in [-0.2, -0.15) is 4.99 Å². The largest absolute Gasteiger partial charge is 0.493 e. The minimum Gasteiger partial charge on any atom is -0.493 e. The van der Waals surface area contributed by atoms with E-state index >= 15 is 0 Å². The highest BCUT2D eigenvalue weighted by Gasteiger charge is 2.18. The molecule has 152 valence electrons. The molecule has 0 unspecified atom stereocenters. The number of thiazole rings is 1. The van der Waals surface area contributed by atoms with Gasteiger partial charge >= 0.3 is 5.97 Å². The topological polar surface area (TPSA) is 79.1 Å². The zero-order chi connectivity index (χ0) is 21.1. The van der Waals surface area contributed by atoms with Crippen molar-refractivity contribution in [3.63, 3.8) is 0 Å². The normalized spacial score (nSPS) is 11.6. The lowest BCUT2D eigenvalue weighted by Crippen LogP contribution is -2.22. The molecule has 0 spiro atoms. The second-order valence-corrected chi connectivity index (χ2v) is 7.36. The average Bonchev–Trinajstić information content (AvgIpc) is 3.08. The van der Waals surface area contributed by atoms with Crippen LogP contribution in [-0.2, 0) is 16.1 Å². The van der Waals surface area contributed by atoms with Gasteiger partial charge in [0.25, 0.3) is 5.91 Å². The van der Waals surface area contributed by atoms with Gasteiger partial charge in [0.05, 0.1) is 37.1 Å². The molecule has 0 aliphatic rings. The maximum Gasteiger partial charge on any atom is 0.325 e. The molecule has 0 saturated heterocycles. The first-order chi connectivity index (χ1) is 13.9. The summed E-state index contributed by atoms with van der Waals surface area (Å²) in [6, 6.07) is 9.02. The molecule has 8 heteroatoms. The first-order valence-electron chi connectivity index (χ1n) is 8.87. The van der Waals surface area contributed by atoms with E-state index in [0.29, 0.717) is 16.3 Å². The molecule has 3 aromatic rings. The Morgan fingerprint density at radius 1 is 1.03 bits per heavy atom. The predicted octanol–water partition coefficient (Wildman–Crippen LogP) is 3.25. The summed E-state index contributed by atoms with van der Waals surface area (Å²) in [6.45, 7) is 3.90. The van der Waals surface area contributed by atoms with E-state index in [-0.39, 0.29) is 12.1 Å². The van der Waals surface area contributed by atoms with Crippen LogP contribution in [0, 0.1) is 13.8 Å². The second kappa shape index (κ2) is 8.48. The van der Waals surface area contributed by atoms with Gasteiger partial charge in [-0.15, -0.1) is 0 Å². The average molecular weight is 414 g/mol. The number of hydrogen-bond acceptors (Lipinski definition) is 6. The molecule has 3 rings (SSSR count). The Kier molecular flexibility index (Phi) is 6.03. The Morgan fingerprint density at radius 2 is 1.76 bits per heavy atom. The molecule has 1 heterocycles. The van der Waals surface area contributed by atoms with E-state index in [0.717, 1.165) is 21.3 Å². The molecule has 7 nitrogen and oxygen atoms in total. The maximum absolute atomic E-state index is 13.0. The van der Waals surface area contributed by atoms with Crippen LogP contribution in [0.15, 0.2) is 35.3 Å². The number of hydrogen-bond donors (Lipinski definition) is 0. The van der Waals surface area contributed by atoms with Crippen molar-refractivity contribution in [2.45, 2.75) is 20.4 Å². The van der Waals surface area contributed by atoms with Crippen molar-refractivity contribution >= 4 is 33.4 Å². The van der Waals surface area contributed by atoms with Crippen LogP contribution in [0.3, 0.4) is 0 Å². The minimum atomic E-state index is -0.485. The summed E-state index contributed by atoms with van der Waals surface area (Å²) >= 11 is 1.36. The van der Waals surface area contributed by atoms with Gasteiger partial charge in [0, 0.05) is 0 Å². The van der Waals surface area contributed by atoms with Gasteiger partial charge in [0.15, 0.2) is 16.3 Å². The summed E-state index contributed by atoms with van der Waals surface area (Å²) < 4.78 is 18.1. The van der Waals surface area contributed by atoms with E-state index in [9.17, 15) is 9.59 Å². The number of methoxy groups -OCH3 is 3. The molecule has 0 fully saturated rings. The van der Waals surface area contributed by atoms with E-state index in [1.807, 2.05) is 26.0 Å². The number of nitrogens with zero attached hydrogens (tertiary/aromatic N) is 2. The smallest absolute Gasteiger partial charge is 0.325 e. The van der Waals surface area contributed by atoms with Crippen molar-refractivity contribution in [1.29, 1.82) is 0 Å². The van der Waals surface area contributed by atoms with Gasteiger partial charge in [0.2, 0.25) is 0 Å². The third-order valence-corrected chi connectivity index (χ3v) is 5.78. The molecule has 0 aliphatic carbocycles. The van der Waals surface area contributed by atoms with Gasteiger partial charge in [0.1, 0.15) is 6.54 Å². The Hall–Kier alpha value is -3.13. The number of ether oxygens (including phenoxy) is 3. The number of aromatic nitrogens is 1. The lowest BCUT2D eigenvalue weighted by Gasteiger charge is -2.10. The highest BCUT2D eigenvalue weighted by atomic mass is 32.1. The standard InChI is InChI=1S/C21H22N2O5S/c1-12-9-10-13(2)19-17(12)23(11-16(24)27-4)21(29-19)22-20(25)14-7-6-8-15(26-3)18(14)28-5/h6-10H,11H2,1-5H3. The van der Waals surface area contributed by atoms with Crippen LogP contribution in [-0.4, -0.2) is 37.8 Å². The fraction of sp³-hybridized carbons (Fsp3) is 0.286. The summed E-state index contributed by atoms with van der Waals surface area (Å²) in [7, 11) is 4.31. The fourth-order valence-corrected chi connectivity index (χ4v) is 4.28. The Bertz CT molecular complexity index is 1160. The van der Waals surface area contributed by atoms with Crippen molar-refractivity contribution in [3.8, 4) is 11.5 Å². The van der Waals surface area contributed by atoms with Crippen LogP contribution in [0.4, 0.5) is 0 Å². The van der Waals surface area contributed by atoms with Gasteiger partial charge in [-0.05, 0) is 37.1 Å². The third kappa shape index (κ3) is 3.88. The van der Waals surface area contributed by atoms with E-state index in [1.165, 1.54) is 32.7 Å². The van der Waals surface area contributed by atoms with Crippen LogP contribution in [0.1, 0.15) is 21.5 Å². The molecule has 2 aromatic carbocycles. The number of aryl methyl sites for hydroxylation is 2. The van der Waals surface area contributed by atoms with Crippen LogP contribution in [0.5, 0.6) is 11.5 Å². The van der Waals surface area contributed by atoms with Crippen LogP contribution < -0.4 is 14.3 Å². The van der Waals surface area contributed by atoms with E-state index in [4.69, 9.17) is 14.2 Å². The number of carbonyl (C=O) groups excluding carboxylic acids is 2. The van der Waals surface area contributed by atoms with Gasteiger partial charge < -0.3 is 18.8 Å². The quantitative estimate of drug-likeness (QED) is 0.599. The number of para-hydroxylation sites is 1. The minimum absolute atomic E-state index is 0.0395. The molecule has 0 bridgehead atoms. The molecule has 29 heavy (non-hydrogen) atoms. The van der Waals surface area contributed by atoms with E-state index < -0.39 is 11.9 Å². The number of fused-ring (bicyclic) bond motifs is 1. The molecule has 0 N–H and O–H groups in total. The lowest BCUT2D eigenvalue weighted by molar-refractivity contribution is -0.141. The summed E-state index contributed by atoms with van der Waals surface area (Å²) in [5, 5.41) is 0. The fourth-order valence-electron chi connectivity index (χ4n) is 3.10. The SMILES string of the molecule is COC(=O)Cn1c(=NC(=O)c2cccc(OC)c2OC)sc2c(C)ccc(C)c21. The van der Waals surface area contributed by atoms with Crippen molar-refractivity contribution in [1.82, 2.24) is 4.57 Å². The van der Waals surface area contributed by atoms with Gasteiger partial charge in [-0.3, -0.25) is 9.59 Å². The second-order valence-electron chi connectivity index (χ2n) is 6.38. The number of esters is 1. The van der Waals surface area contributed by atoms with Crippen molar-refractivity contribution < 1.29 is 23.8 Å². The van der Waals surface area contributed by atoms with Crippen LogP contribution in [0.2, 0.25) is 0 Å². The van der Waals surface area contributed by atoms with Crippen LogP contribution in [0.25, 0.3) is 10.2 Å². The summed E-state index contributed by atoms with van der Waals surface area (Å²) in [6.07, 6.45) is 0. The van der Waals surface area contributed by atoms with Crippen molar-refractivity contribution in [2.24, 2.45) is 4.99 Å².